The Hall–Kier alpha value is -2.67. The van der Waals surface area contributed by atoms with Crippen LogP contribution >= 0.6 is 0 Å². The second kappa shape index (κ2) is 7.52. The molecule has 0 aliphatic carbocycles. The fraction of sp³-hybridized carbons (Fsp3) is 0.450. The number of aliphatic hydroxyl groups is 1. The van der Waals surface area contributed by atoms with Crippen LogP contribution in [0.3, 0.4) is 0 Å². The predicted octanol–water partition coefficient (Wildman–Crippen LogP) is 1.13. The second-order valence-corrected chi connectivity index (χ2v) is 7.20. The fourth-order valence-corrected chi connectivity index (χ4v) is 3.84. The SMILES string of the molecule is O=C(CN1CCCCC(O)C1=O)N1CCc2c(cnn2-c2ccccc2)C1. The van der Waals surface area contributed by atoms with E-state index in [4.69, 9.17) is 0 Å². The maximum Gasteiger partial charge on any atom is 0.251 e. The number of rotatable bonds is 3. The van der Waals surface area contributed by atoms with Gasteiger partial charge >= 0.3 is 0 Å². The molecule has 7 heteroatoms. The van der Waals surface area contributed by atoms with Crippen molar-refractivity contribution in [1.29, 1.82) is 0 Å². The van der Waals surface area contributed by atoms with Gasteiger partial charge in [-0.25, -0.2) is 4.68 Å². The van der Waals surface area contributed by atoms with Crippen LogP contribution in [0.1, 0.15) is 30.5 Å². The Morgan fingerprint density at radius 3 is 2.81 bits per heavy atom. The molecule has 27 heavy (non-hydrogen) atoms. The van der Waals surface area contributed by atoms with Gasteiger partial charge in [0.1, 0.15) is 6.10 Å². The molecule has 0 bridgehead atoms. The Labute approximate surface area is 158 Å². The Bertz CT molecular complexity index is 833. The first kappa shape index (κ1) is 17.7. The van der Waals surface area contributed by atoms with Crippen molar-refractivity contribution < 1.29 is 14.7 Å². The lowest BCUT2D eigenvalue weighted by molar-refractivity contribution is -0.145. The molecule has 0 spiro atoms. The van der Waals surface area contributed by atoms with Crippen LogP contribution in [0.25, 0.3) is 5.69 Å². The average molecular weight is 368 g/mol. The van der Waals surface area contributed by atoms with Gasteiger partial charge in [0, 0.05) is 31.6 Å². The normalized spacial score (nSPS) is 20.3. The van der Waals surface area contributed by atoms with Crippen molar-refractivity contribution >= 4 is 11.8 Å². The van der Waals surface area contributed by atoms with E-state index in [9.17, 15) is 14.7 Å². The molecule has 0 radical (unpaired) electrons. The van der Waals surface area contributed by atoms with Gasteiger partial charge < -0.3 is 14.9 Å². The molecule has 3 heterocycles. The molecule has 142 valence electrons. The van der Waals surface area contributed by atoms with Crippen molar-refractivity contribution in [1.82, 2.24) is 19.6 Å². The summed E-state index contributed by atoms with van der Waals surface area (Å²) < 4.78 is 1.94. The summed E-state index contributed by atoms with van der Waals surface area (Å²) in [7, 11) is 0. The van der Waals surface area contributed by atoms with E-state index in [0.717, 1.165) is 36.2 Å². The minimum Gasteiger partial charge on any atom is -0.383 e. The van der Waals surface area contributed by atoms with Crippen molar-refractivity contribution in [2.24, 2.45) is 0 Å². The molecule has 1 N–H and O–H groups in total. The number of carbonyl (C=O) groups excluding carboxylic acids is 2. The third kappa shape index (κ3) is 3.60. The van der Waals surface area contributed by atoms with Gasteiger partial charge in [-0.3, -0.25) is 9.59 Å². The summed E-state index contributed by atoms with van der Waals surface area (Å²) in [6, 6.07) is 9.96. The molecule has 7 nitrogen and oxygen atoms in total. The quantitative estimate of drug-likeness (QED) is 0.881. The molecule has 4 rings (SSSR count). The third-order valence-corrected chi connectivity index (χ3v) is 5.37. The van der Waals surface area contributed by atoms with Crippen LogP contribution in [0.15, 0.2) is 36.5 Å². The Morgan fingerprint density at radius 2 is 2.00 bits per heavy atom. The van der Waals surface area contributed by atoms with Crippen LogP contribution < -0.4 is 0 Å². The molecule has 1 fully saturated rings. The number of nitrogens with zero attached hydrogens (tertiary/aromatic N) is 4. The van der Waals surface area contributed by atoms with E-state index in [1.54, 1.807) is 4.90 Å². The molecule has 1 atom stereocenters. The minimum absolute atomic E-state index is 0.0397. The lowest BCUT2D eigenvalue weighted by Gasteiger charge is -2.30. The summed E-state index contributed by atoms with van der Waals surface area (Å²) in [5, 5.41) is 14.4. The highest BCUT2D eigenvalue weighted by Crippen LogP contribution is 2.22. The summed E-state index contributed by atoms with van der Waals surface area (Å²) in [5.41, 5.74) is 3.19. The zero-order chi connectivity index (χ0) is 18.8. The number of aliphatic hydroxyl groups excluding tert-OH is 1. The summed E-state index contributed by atoms with van der Waals surface area (Å²) in [6.45, 7) is 1.69. The first-order chi connectivity index (χ1) is 13.1. The predicted molar refractivity (Wildman–Crippen MR) is 99.1 cm³/mol. The monoisotopic (exact) mass is 368 g/mol. The van der Waals surface area contributed by atoms with Crippen LogP contribution in [-0.2, 0) is 22.6 Å². The Balaban J connectivity index is 1.44. The van der Waals surface area contributed by atoms with Crippen LogP contribution in [0.4, 0.5) is 0 Å². The van der Waals surface area contributed by atoms with Crippen LogP contribution in [-0.4, -0.2) is 62.2 Å². The number of fused-ring (bicyclic) bond motifs is 1. The highest BCUT2D eigenvalue weighted by atomic mass is 16.3. The fourth-order valence-electron chi connectivity index (χ4n) is 3.84. The Morgan fingerprint density at radius 1 is 1.19 bits per heavy atom. The van der Waals surface area contributed by atoms with Crippen molar-refractivity contribution in [2.45, 2.75) is 38.3 Å². The lowest BCUT2D eigenvalue weighted by atomic mass is 10.1. The molecular formula is C20H24N4O3. The van der Waals surface area contributed by atoms with E-state index in [2.05, 4.69) is 5.10 Å². The highest BCUT2D eigenvalue weighted by Gasteiger charge is 2.30. The number of likely N-dealkylation sites (tertiary alicyclic amines) is 1. The number of benzene rings is 1. The van der Waals surface area contributed by atoms with Gasteiger partial charge in [-0.15, -0.1) is 0 Å². The number of hydrogen-bond acceptors (Lipinski definition) is 4. The van der Waals surface area contributed by atoms with E-state index >= 15 is 0 Å². The van der Waals surface area contributed by atoms with Gasteiger partial charge in [0.25, 0.3) is 5.91 Å². The van der Waals surface area contributed by atoms with Crippen LogP contribution in [0.5, 0.6) is 0 Å². The summed E-state index contributed by atoms with van der Waals surface area (Å²) in [5.74, 6) is -0.397. The van der Waals surface area contributed by atoms with Crippen molar-refractivity contribution in [3.63, 3.8) is 0 Å². The second-order valence-electron chi connectivity index (χ2n) is 7.20. The maximum atomic E-state index is 12.7. The summed E-state index contributed by atoms with van der Waals surface area (Å²) in [6.07, 6.45) is 3.69. The first-order valence-corrected chi connectivity index (χ1v) is 9.49. The number of amides is 2. The summed E-state index contributed by atoms with van der Waals surface area (Å²) in [4.78, 5) is 28.2. The zero-order valence-corrected chi connectivity index (χ0v) is 15.3. The smallest absolute Gasteiger partial charge is 0.251 e. The van der Waals surface area contributed by atoms with Gasteiger partial charge in [0.05, 0.1) is 24.1 Å². The lowest BCUT2D eigenvalue weighted by Crippen LogP contribution is -2.46. The van der Waals surface area contributed by atoms with Crippen molar-refractivity contribution in [2.75, 3.05) is 19.6 Å². The highest BCUT2D eigenvalue weighted by molar-refractivity contribution is 5.87. The van der Waals surface area contributed by atoms with E-state index in [1.165, 1.54) is 4.90 Å². The van der Waals surface area contributed by atoms with E-state index in [-0.39, 0.29) is 18.4 Å². The van der Waals surface area contributed by atoms with Gasteiger partial charge in [0.15, 0.2) is 0 Å². The van der Waals surface area contributed by atoms with Crippen LogP contribution in [0, 0.1) is 0 Å². The number of hydrogen-bond donors (Lipinski definition) is 1. The summed E-state index contributed by atoms with van der Waals surface area (Å²) >= 11 is 0. The molecule has 0 saturated carbocycles. The molecule has 2 aliphatic rings. The van der Waals surface area contributed by atoms with Gasteiger partial charge in [-0.05, 0) is 31.4 Å². The molecule has 2 aromatic rings. The average Bonchev–Trinajstić information content (AvgIpc) is 3.06. The minimum atomic E-state index is -0.975. The van der Waals surface area contributed by atoms with Crippen molar-refractivity contribution in [3.05, 3.63) is 47.8 Å². The first-order valence-electron chi connectivity index (χ1n) is 9.49. The third-order valence-electron chi connectivity index (χ3n) is 5.37. The van der Waals surface area contributed by atoms with E-state index < -0.39 is 6.10 Å². The van der Waals surface area contributed by atoms with Gasteiger partial charge in [0.2, 0.25) is 5.91 Å². The van der Waals surface area contributed by atoms with Crippen LogP contribution in [0.2, 0.25) is 0 Å². The zero-order valence-electron chi connectivity index (χ0n) is 15.3. The molecule has 2 amide bonds. The van der Waals surface area contributed by atoms with Gasteiger partial charge in [-0.1, -0.05) is 18.2 Å². The number of carbonyl (C=O) groups is 2. The topological polar surface area (TPSA) is 78.7 Å². The molecular weight excluding hydrogens is 344 g/mol. The molecule has 1 aromatic carbocycles. The number of para-hydroxylation sites is 1. The molecule has 1 saturated heterocycles. The van der Waals surface area contributed by atoms with Crippen molar-refractivity contribution in [3.8, 4) is 5.69 Å². The van der Waals surface area contributed by atoms with Gasteiger partial charge in [-0.2, -0.15) is 5.10 Å². The maximum absolute atomic E-state index is 12.7. The van der Waals surface area contributed by atoms with E-state index in [1.807, 2.05) is 41.2 Å². The largest absolute Gasteiger partial charge is 0.383 e. The van der Waals surface area contributed by atoms with E-state index in [0.29, 0.717) is 26.1 Å². The molecule has 2 aliphatic heterocycles. The Kier molecular flexibility index (Phi) is 4.94. The molecule has 1 aromatic heterocycles. The number of aromatic nitrogens is 2. The molecule has 1 unspecified atom stereocenters. The standard InChI is InChI=1S/C20H24N4O3/c25-18-8-4-5-10-23(20(18)27)14-19(26)22-11-9-17-15(13-22)12-21-24(17)16-6-2-1-3-7-16/h1-3,6-7,12,18,25H,4-5,8-11,13-14H2.